The fraction of sp³-hybridized carbons (Fsp3) is 0.400. The Hall–Kier alpha value is -2.99. The predicted molar refractivity (Wildman–Crippen MR) is 123 cm³/mol. The maximum absolute atomic E-state index is 12.7. The second kappa shape index (κ2) is 9.88. The number of nitrogens with zero attached hydrogens (tertiary/aromatic N) is 1. The highest BCUT2D eigenvalue weighted by Crippen LogP contribution is 2.32. The van der Waals surface area contributed by atoms with Crippen LogP contribution in [0.1, 0.15) is 45.6 Å². The van der Waals surface area contributed by atoms with Crippen molar-refractivity contribution in [2.75, 3.05) is 13.7 Å². The van der Waals surface area contributed by atoms with Crippen LogP contribution in [0.3, 0.4) is 0 Å². The minimum Gasteiger partial charge on any atom is -0.490 e. The molecule has 31 heavy (non-hydrogen) atoms. The summed E-state index contributed by atoms with van der Waals surface area (Å²) < 4.78 is 16.7. The molecule has 0 amide bonds. The van der Waals surface area contributed by atoms with E-state index in [-0.39, 0.29) is 5.69 Å². The third kappa shape index (κ3) is 5.58. The van der Waals surface area contributed by atoms with Crippen LogP contribution in [0.2, 0.25) is 0 Å². The summed E-state index contributed by atoms with van der Waals surface area (Å²) in [5.41, 5.74) is 1.55. The zero-order valence-electron chi connectivity index (χ0n) is 18.6. The van der Waals surface area contributed by atoms with Crippen molar-refractivity contribution in [2.45, 2.75) is 52.1 Å². The summed E-state index contributed by atoms with van der Waals surface area (Å²) in [6.07, 6.45) is 4.20. The summed E-state index contributed by atoms with van der Waals surface area (Å²) in [5, 5.41) is 3.90. The van der Waals surface area contributed by atoms with Gasteiger partial charge in [0.15, 0.2) is 0 Å². The lowest BCUT2D eigenvalue weighted by Crippen LogP contribution is -2.30. The third-order valence-electron chi connectivity index (χ3n) is 5.37. The van der Waals surface area contributed by atoms with Gasteiger partial charge in [0, 0.05) is 24.1 Å². The van der Waals surface area contributed by atoms with E-state index < -0.39 is 11.2 Å². The molecule has 0 spiro atoms. The summed E-state index contributed by atoms with van der Waals surface area (Å²) in [7, 11) is 1.63. The van der Waals surface area contributed by atoms with E-state index in [1.54, 1.807) is 31.4 Å². The van der Waals surface area contributed by atoms with Gasteiger partial charge in [0.25, 0.3) is 0 Å². The van der Waals surface area contributed by atoms with Crippen LogP contribution < -0.4 is 10.4 Å². The molecule has 0 aliphatic carbocycles. The number of aryl methyl sites for hydroxylation is 1. The minimum absolute atomic E-state index is 0.252. The van der Waals surface area contributed by atoms with Crippen molar-refractivity contribution in [1.29, 1.82) is 0 Å². The lowest BCUT2D eigenvalue weighted by molar-refractivity contribution is -0.0146. The van der Waals surface area contributed by atoms with Crippen molar-refractivity contribution in [3.05, 3.63) is 63.4 Å². The number of benzene rings is 2. The van der Waals surface area contributed by atoms with Gasteiger partial charge in [-0.3, -0.25) is 0 Å². The Balaban J connectivity index is 1.91. The van der Waals surface area contributed by atoms with Crippen LogP contribution in [0, 0.1) is 4.91 Å². The standard InChI is InChI=1S/C25H29NO5/c1-5-6-7-8-17-9-12-20(22(13-17)26-28)21-14-18-10-11-19(15-23(18)31-24(21)27)30-16-25(2,3)29-4/h9-15H,5-8,16H2,1-4H3. The quantitative estimate of drug-likeness (QED) is 0.214. The second-order valence-corrected chi connectivity index (χ2v) is 8.30. The van der Waals surface area contributed by atoms with Crippen LogP contribution in [0.15, 0.2) is 56.9 Å². The van der Waals surface area contributed by atoms with E-state index in [4.69, 9.17) is 13.9 Å². The van der Waals surface area contributed by atoms with Crippen molar-refractivity contribution in [3.63, 3.8) is 0 Å². The molecule has 6 nitrogen and oxygen atoms in total. The Bertz CT molecular complexity index is 1120. The zero-order chi connectivity index (χ0) is 22.4. The van der Waals surface area contributed by atoms with Crippen LogP contribution in [0.4, 0.5) is 5.69 Å². The van der Waals surface area contributed by atoms with Crippen molar-refractivity contribution >= 4 is 16.7 Å². The van der Waals surface area contributed by atoms with Gasteiger partial charge in [-0.1, -0.05) is 31.9 Å². The van der Waals surface area contributed by atoms with Gasteiger partial charge in [-0.15, -0.1) is 4.91 Å². The Morgan fingerprint density at radius 2 is 1.84 bits per heavy atom. The van der Waals surface area contributed by atoms with Crippen molar-refractivity contribution in [3.8, 4) is 16.9 Å². The maximum atomic E-state index is 12.7. The van der Waals surface area contributed by atoms with E-state index in [1.165, 1.54) is 0 Å². The molecular formula is C25H29NO5. The molecule has 0 saturated heterocycles. The Labute approximate surface area is 182 Å². The lowest BCUT2D eigenvalue weighted by Gasteiger charge is -2.22. The first kappa shape index (κ1) is 22.7. The van der Waals surface area contributed by atoms with Crippen LogP contribution in [-0.2, 0) is 11.2 Å². The summed E-state index contributed by atoms with van der Waals surface area (Å²) in [6.45, 7) is 6.36. The molecule has 0 N–H and O–H groups in total. The Morgan fingerprint density at radius 3 is 2.55 bits per heavy atom. The van der Waals surface area contributed by atoms with Crippen LogP contribution in [0.25, 0.3) is 22.1 Å². The fourth-order valence-electron chi connectivity index (χ4n) is 3.30. The number of fused-ring (bicyclic) bond motifs is 1. The fourth-order valence-corrected chi connectivity index (χ4v) is 3.30. The number of ether oxygens (including phenoxy) is 2. The van der Waals surface area contributed by atoms with E-state index in [0.29, 0.717) is 29.1 Å². The van der Waals surface area contributed by atoms with E-state index in [1.807, 2.05) is 32.0 Å². The van der Waals surface area contributed by atoms with Crippen molar-refractivity contribution in [2.24, 2.45) is 5.18 Å². The Morgan fingerprint density at radius 1 is 1.03 bits per heavy atom. The molecule has 3 aromatic rings. The first-order chi connectivity index (χ1) is 14.9. The smallest absolute Gasteiger partial charge is 0.344 e. The molecule has 6 heteroatoms. The first-order valence-electron chi connectivity index (χ1n) is 10.6. The van der Waals surface area contributed by atoms with E-state index in [0.717, 1.165) is 36.6 Å². The minimum atomic E-state index is -0.523. The zero-order valence-corrected chi connectivity index (χ0v) is 18.6. The summed E-state index contributed by atoms with van der Waals surface area (Å²) >= 11 is 0. The van der Waals surface area contributed by atoms with Gasteiger partial charge < -0.3 is 13.9 Å². The summed E-state index contributed by atoms with van der Waals surface area (Å²) in [5.74, 6) is 0.584. The third-order valence-corrected chi connectivity index (χ3v) is 5.37. The van der Waals surface area contributed by atoms with Gasteiger partial charge in [-0.2, -0.15) is 0 Å². The molecule has 0 unspecified atom stereocenters. The Kier molecular flexibility index (Phi) is 7.23. The number of hydrogen-bond donors (Lipinski definition) is 0. The van der Waals surface area contributed by atoms with Gasteiger partial charge in [-0.05, 0) is 61.7 Å². The molecule has 3 rings (SSSR count). The molecule has 0 atom stereocenters. The summed E-state index contributed by atoms with van der Waals surface area (Å²) in [6, 6.07) is 12.5. The van der Waals surface area contributed by atoms with Gasteiger partial charge in [0.1, 0.15) is 23.6 Å². The molecule has 0 fully saturated rings. The van der Waals surface area contributed by atoms with E-state index in [9.17, 15) is 9.70 Å². The van der Waals surface area contributed by atoms with Gasteiger partial charge >= 0.3 is 5.63 Å². The molecule has 0 radical (unpaired) electrons. The molecule has 1 heterocycles. The van der Waals surface area contributed by atoms with Gasteiger partial charge in [0.05, 0.1) is 11.2 Å². The molecule has 0 saturated carbocycles. The highest BCUT2D eigenvalue weighted by molar-refractivity contribution is 5.85. The summed E-state index contributed by atoms with van der Waals surface area (Å²) in [4.78, 5) is 24.2. The van der Waals surface area contributed by atoms with Crippen LogP contribution in [0.5, 0.6) is 5.75 Å². The monoisotopic (exact) mass is 423 g/mol. The number of hydrogen-bond acceptors (Lipinski definition) is 6. The number of rotatable bonds is 10. The van der Waals surface area contributed by atoms with Gasteiger partial charge in [0.2, 0.25) is 0 Å². The van der Waals surface area contributed by atoms with Crippen LogP contribution in [-0.4, -0.2) is 19.3 Å². The van der Waals surface area contributed by atoms with Crippen molar-refractivity contribution < 1.29 is 13.9 Å². The number of nitroso groups, excluding NO2 is 1. The lowest BCUT2D eigenvalue weighted by atomic mass is 9.99. The second-order valence-electron chi connectivity index (χ2n) is 8.30. The average molecular weight is 424 g/mol. The molecule has 0 aliphatic rings. The van der Waals surface area contributed by atoms with E-state index in [2.05, 4.69) is 12.1 Å². The highest BCUT2D eigenvalue weighted by atomic mass is 16.5. The maximum Gasteiger partial charge on any atom is 0.344 e. The van der Waals surface area contributed by atoms with Crippen LogP contribution >= 0.6 is 0 Å². The molecular weight excluding hydrogens is 394 g/mol. The first-order valence-corrected chi connectivity index (χ1v) is 10.6. The molecule has 0 aliphatic heterocycles. The number of methoxy groups -OCH3 is 1. The number of unbranched alkanes of at least 4 members (excludes halogenated alkanes) is 2. The predicted octanol–water partition coefficient (Wildman–Crippen LogP) is 6.39. The van der Waals surface area contributed by atoms with Crippen molar-refractivity contribution in [1.82, 2.24) is 0 Å². The molecule has 0 bridgehead atoms. The molecule has 1 aromatic heterocycles. The van der Waals surface area contributed by atoms with E-state index >= 15 is 0 Å². The molecule has 164 valence electrons. The highest BCUT2D eigenvalue weighted by Gasteiger charge is 2.18. The normalized spacial score (nSPS) is 11.6. The topological polar surface area (TPSA) is 78.1 Å². The SMILES string of the molecule is CCCCCc1ccc(-c2cc3ccc(OCC(C)(C)OC)cc3oc2=O)c(N=O)c1. The largest absolute Gasteiger partial charge is 0.490 e. The average Bonchev–Trinajstić information content (AvgIpc) is 2.77. The molecule has 2 aromatic carbocycles. The van der Waals surface area contributed by atoms with Gasteiger partial charge in [-0.25, -0.2) is 4.79 Å².